The molecule has 0 saturated heterocycles. The summed E-state index contributed by atoms with van der Waals surface area (Å²) in [6, 6.07) is 0. The van der Waals surface area contributed by atoms with Gasteiger partial charge in [-0.05, 0) is 0 Å². The van der Waals surface area contributed by atoms with E-state index in [1.807, 2.05) is 0 Å². The lowest BCUT2D eigenvalue weighted by Crippen LogP contribution is -2.01. The maximum atomic E-state index is 10.2. The second-order valence-electron chi connectivity index (χ2n) is 1.30. The fourth-order valence-electron chi connectivity index (χ4n) is 0.330. The Balaban J connectivity index is 2.58. The zero-order valence-corrected chi connectivity index (χ0v) is 4.70. The molecule has 5 heteroatoms. The molecule has 0 aromatic carbocycles. The average molecular weight is 128 g/mol. The molecule has 0 radical (unpaired) electrons. The van der Waals surface area contributed by atoms with E-state index in [1.54, 1.807) is 0 Å². The Hall–Kier alpha value is -1.39. The molecule has 0 unspecified atom stereocenters. The number of nitrogens with zero attached hydrogens (tertiary/aromatic N) is 2. The van der Waals surface area contributed by atoms with Crippen LogP contribution in [-0.4, -0.2) is 16.2 Å². The van der Waals surface area contributed by atoms with Crippen LogP contribution in [-0.2, 0) is 4.79 Å². The fraction of sp³-hybridized carbons (Fsp3) is 0.250. The summed E-state index contributed by atoms with van der Waals surface area (Å²) in [6.07, 6.45) is 0.959. The molecule has 1 heterocycles. The Morgan fingerprint density at radius 3 is 3.11 bits per heavy atom. The fourth-order valence-corrected chi connectivity index (χ4v) is 0.330. The van der Waals surface area contributed by atoms with Crippen LogP contribution in [0.4, 0.5) is 0 Å². The Bertz CT molecular complexity index is 194. The van der Waals surface area contributed by atoms with E-state index in [0.29, 0.717) is 0 Å². The van der Waals surface area contributed by atoms with Crippen molar-refractivity contribution in [3.8, 4) is 6.08 Å². The van der Waals surface area contributed by atoms with Gasteiger partial charge in [-0.15, -0.1) is 5.10 Å². The predicted octanol–water partition coefficient (Wildman–Crippen LogP) is -0.00510. The van der Waals surface area contributed by atoms with Gasteiger partial charge in [0.15, 0.2) is 0 Å². The number of hydrogen-bond donors (Lipinski definition) is 0. The molecule has 1 aromatic rings. The molecule has 0 saturated carbocycles. The lowest BCUT2D eigenvalue weighted by atomic mass is 10.8. The molecule has 0 aliphatic carbocycles. The van der Waals surface area contributed by atoms with Gasteiger partial charge in [-0.2, -0.15) is 0 Å². The summed E-state index contributed by atoms with van der Waals surface area (Å²) >= 11 is 0. The van der Waals surface area contributed by atoms with Gasteiger partial charge in [-0.1, -0.05) is 5.10 Å². The van der Waals surface area contributed by atoms with Crippen molar-refractivity contribution >= 4 is 5.97 Å². The standard InChI is InChI=1S/C4H4N2O3/c1-3(7)9-4-6-5-2-8-4/h2H,1H3. The Kier molecular flexibility index (Phi) is 1.44. The van der Waals surface area contributed by atoms with Crippen molar-refractivity contribution in [3.05, 3.63) is 6.39 Å². The number of carbonyl (C=O) groups is 1. The molecule has 0 amide bonds. The molecule has 0 bridgehead atoms. The summed E-state index contributed by atoms with van der Waals surface area (Å²) in [5.41, 5.74) is 0. The van der Waals surface area contributed by atoms with Gasteiger partial charge < -0.3 is 9.15 Å². The molecule has 0 atom stereocenters. The first-order valence-corrected chi connectivity index (χ1v) is 2.23. The highest BCUT2D eigenvalue weighted by molar-refractivity contribution is 5.67. The molecular formula is C4H4N2O3. The zero-order chi connectivity index (χ0) is 6.69. The molecule has 5 nitrogen and oxygen atoms in total. The van der Waals surface area contributed by atoms with Crippen molar-refractivity contribution < 1.29 is 13.9 Å². The quantitative estimate of drug-likeness (QED) is 0.498. The molecule has 0 aliphatic rings. The van der Waals surface area contributed by atoms with Crippen LogP contribution in [0, 0.1) is 0 Å². The molecule has 9 heavy (non-hydrogen) atoms. The smallest absolute Gasteiger partial charge is 0.396 e. The second kappa shape index (κ2) is 2.25. The van der Waals surface area contributed by atoms with E-state index in [0.717, 1.165) is 6.39 Å². The van der Waals surface area contributed by atoms with Crippen LogP contribution in [0.25, 0.3) is 0 Å². The number of esters is 1. The summed E-state index contributed by atoms with van der Waals surface area (Å²) < 4.78 is 8.85. The maximum absolute atomic E-state index is 10.2. The maximum Gasteiger partial charge on any atom is 0.422 e. The van der Waals surface area contributed by atoms with Crippen LogP contribution in [0.1, 0.15) is 6.92 Å². The molecule has 1 rings (SSSR count). The highest BCUT2D eigenvalue weighted by Gasteiger charge is 2.00. The van der Waals surface area contributed by atoms with Gasteiger partial charge in [0.2, 0.25) is 6.39 Å². The minimum Gasteiger partial charge on any atom is -0.396 e. The average Bonchev–Trinajstić information content (AvgIpc) is 2.15. The monoisotopic (exact) mass is 128 g/mol. The van der Waals surface area contributed by atoms with Gasteiger partial charge >= 0.3 is 12.0 Å². The number of hydrogen-bond acceptors (Lipinski definition) is 5. The minimum absolute atomic E-state index is 0.123. The van der Waals surface area contributed by atoms with Crippen LogP contribution in [0.15, 0.2) is 10.8 Å². The molecular weight excluding hydrogens is 124 g/mol. The van der Waals surface area contributed by atoms with Crippen LogP contribution in [0.2, 0.25) is 0 Å². The first kappa shape index (κ1) is 5.74. The third-order valence-corrected chi connectivity index (χ3v) is 0.571. The van der Waals surface area contributed by atoms with Crippen molar-refractivity contribution in [2.75, 3.05) is 0 Å². The summed E-state index contributed by atoms with van der Waals surface area (Å²) in [5, 5.41) is 6.58. The lowest BCUT2D eigenvalue weighted by molar-refractivity contribution is -0.133. The van der Waals surface area contributed by atoms with Crippen molar-refractivity contribution in [2.24, 2.45) is 0 Å². The summed E-state index contributed by atoms with van der Waals surface area (Å²) in [7, 11) is 0. The van der Waals surface area contributed by atoms with Crippen LogP contribution >= 0.6 is 0 Å². The van der Waals surface area contributed by atoms with Gasteiger partial charge in [0.1, 0.15) is 0 Å². The lowest BCUT2D eigenvalue weighted by Gasteiger charge is -1.87. The van der Waals surface area contributed by atoms with Crippen molar-refractivity contribution in [3.63, 3.8) is 0 Å². The van der Waals surface area contributed by atoms with Gasteiger partial charge in [0.25, 0.3) is 0 Å². The summed E-state index contributed by atoms with van der Waals surface area (Å²) in [6.45, 7) is 1.25. The van der Waals surface area contributed by atoms with E-state index in [4.69, 9.17) is 0 Å². The van der Waals surface area contributed by atoms with E-state index >= 15 is 0 Å². The van der Waals surface area contributed by atoms with Crippen LogP contribution in [0.5, 0.6) is 6.08 Å². The molecule has 0 fully saturated rings. The summed E-state index contributed by atoms with van der Waals surface area (Å²) in [5.74, 6) is -0.473. The van der Waals surface area contributed by atoms with Crippen molar-refractivity contribution in [1.82, 2.24) is 10.2 Å². The Morgan fingerprint density at radius 1 is 1.89 bits per heavy atom. The van der Waals surface area contributed by atoms with E-state index in [-0.39, 0.29) is 6.08 Å². The van der Waals surface area contributed by atoms with Crippen molar-refractivity contribution in [2.45, 2.75) is 6.92 Å². The highest BCUT2D eigenvalue weighted by atomic mass is 16.6. The third-order valence-electron chi connectivity index (χ3n) is 0.571. The van der Waals surface area contributed by atoms with E-state index < -0.39 is 5.97 Å². The van der Waals surface area contributed by atoms with Gasteiger partial charge in [0.05, 0.1) is 0 Å². The van der Waals surface area contributed by atoms with Crippen LogP contribution in [0.3, 0.4) is 0 Å². The normalized spacial score (nSPS) is 9.00. The number of aromatic nitrogens is 2. The largest absolute Gasteiger partial charge is 0.422 e. The predicted molar refractivity (Wildman–Crippen MR) is 25.6 cm³/mol. The topological polar surface area (TPSA) is 65.2 Å². The molecule has 1 aromatic heterocycles. The first-order valence-electron chi connectivity index (χ1n) is 2.23. The third kappa shape index (κ3) is 1.52. The van der Waals surface area contributed by atoms with Crippen LogP contribution < -0.4 is 4.74 Å². The number of carbonyl (C=O) groups excluding carboxylic acids is 1. The Labute approximate surface area is 50.6 Å². The van der Waals surface area contributed by atoms with E-state index in [2.05, 4.69) is 19.4 Å². The molecule has 0 N–H and O–H groups in total. The zero-order valence-electron chi connectivity index (χ0n) is 4.70. The van der Waals surface area contributed by atoms with E-state index in [9.17, 15) is 4.79 Å². The SMILES string of the molecule is CC(=O)Oc1nnco1. The van der Waals surface area contributed by atoms with Crippen molar-refractivity contribution in [1.29, 1.82) is 0 Å². The molecule has 48 valence electrons. The molecule has 0 spiro atoms. The van der Waals surface area contributed by atoms with Gasteiger partial charge in [-0.25, -0.2) is 0 Å². The highest BCUT2D eigenvalue weighted by Crippen LogP contribution is 2.00. The number of ether oxygens (including phenoxy) is 1. The Morgan fingerprint density at radius 2 is 2.67 bits per heavy atom. The first-order chi connectivity index (χ1) is 4.29. The minimum atomic E-state index is -0.473. The summed E-state index contributed by atoms with van der Waals surface area (Å²) in [4.78, 5) is 10.2. The second-order valence-corrected chi connectivity index (χ2v) is 1.30. The molecule has 0 aliphatic heterocycles. The van der Waals surface area contributed by atoms with Gasteiger partial charge in [0, 0.05) is 6.92 Å². The van der Waals surface area contributed by atoms with E-state index in [1.165, 1.54) is 6.92 Å². The van der Waals surface area contributed by atoms with Gasteiger partial charge in [-0.3, -0.25) is 4.79 Å². The number of rotatable bonds is 1.